The third kappa shape index (κ3) is 6.43. The van der Waals surface area contributed by atoms with Gasteiger partial charge >= 0.3 is 5.97 Å². The minimum absolute atomic E-state index is 0.0389. The highest BCUT2D eigenvalue weighted by atomic mass is 19.1. The van der Waals surface area contributed by atoms with E-state index >= 15 is 0 Å². The Hall–Kier alpha value is -2.49. The molecule has 0 radical (unpaired) electrons. The molecule has 0 unspecified atom stereocenters. The summed E-state index contributed by atoms with van der Waals surface area (Å²) in [7, 11) is 1.20. The number of rotatable bonds is 8. The Labute approximate surface area is 133 Å². The number of ether oxygens (including phenoxy) is 1. The Morgan fingerprint density at radius 3 is 2.70 bits per heavy atom. The topological polar surface area (TPSA) is 79.2 Å². The van der Waals surface area contributed by atoms with E-state index in [4.69, 9.17) is 5.26 Å². The summed E-state index contributed by atoms with van der Waals surface area (Å²) >= 11 is 0. The number of benzene rings is 1. The molecular weight excluding hydrogens is 306 g/mol. The van der Waals surface area contributed by atoms with Crippen LogP contribution in [0.3, 0.4) is 0 Å². The zero-order valence-corrected chi connectivity index (χ0v) is 12.8. The Balaban J connectivity index is 2.61. The smallest absolute Gasteiger partial charge is 0.328 e. The lowest BCUT2D eigenvalue weighted by atomic mass is 10.1. The highest BCUT2D eigenvalue weighted by Gasteiger charge is 2.21. The van der Waals surface area contributed by atoms with Gasteiger partial charge in [-0.2, -0.15) is 5.26 Å². The van der Waals surface area contributed by atoms with E-state index in [0.717, 1.165) is 6.07 Å². The molecule has 1 atom stereocenters. The predicted octanol–water partition coefficient (Wildman–Crippen LogP) is 2.25. The van der Waals surface area contributed by atoms with Crippen LogP contribution in [0.2, 0.25) is 0 Å². The maximum absolute atomic E-state index is 13.5. The first kappa shape index (κ1) is 18.6. The van der Waals surface area contributed by atoms with Crippen LogP contribution < -0.4 is 5.32 Å². The van der Waals surface area contributed by atoms with Crippen LogP contribution in [0.25, 0.3) is 0 Å². The molecule has 1 N–H and O–H groups in total. The van der Waals surface area contributed by atoms with Gasteiger partial charge in [0, 0.05) is 12.5 Å². The van der Waals surface area contributed by atoms with Gasteiger partial charge in [0.1, 0.15) is 17.7 Å². The van der Waals surface area contributed by atoms with Gasteiger partial charge < -0.3 is 10.1 Å². The van der Waals surface area contributed by atoms with Gasteiger partial charge in [0.25, 0.3) is 0 Å². The molecule has 1 aromatic carbocycles. The Bertz CT molecular complexity index is 599. The average molecular weight is 324 g/mol. The Morgan fingerprint density at radius 2 is 2.09 bits per heavy atom. The van der Waals surface area contributed by atoms with E-state index in [1.54, 1.807) is 0 Å². The summed E-state index contributed by atoms with van der Waals surface area (Å²) in [4.78, 5) is 23.6. The lowest BCUT2D eigenvalue weighted by Crippen LogP contribution is -2.42. The number of esters is 1. The molecule has 0 aromatic heterocycles. The number of methoxy groups -OCH3 is 1. The fraction of sp³-hybridized carbons (Fsp3) is 0.438. The first-order chi connectivity index (χ1) is 11.0. The van der Waals surface area contributed by atoms with E-state index in [-0.39, 0.29) is 12.0 Å². The predicted molar refractivity (Wildman–Crippen MR) is 78.1 cm³/mol. The molecule has 0 aliphatic carbocycles. The molecule has 1 aromatic rings. The fourth-order valence-corrected chi connectivity index (χ4v) is 2.03. The van der Waals surface area contributed by atoms with E-state index in [1.165, 1.54) is 13.2 Å². The van der Waals surface area contributed by atoms with Crippen molar-refractivity contribution in [2.24, 2.45) is 0 Å². The van der Waals surface area contributed by atoms with Gasteiger partial charge in [-0.15, -0.1) is 0 Å². The molecule has 1 rings (SSSR count). The number of nitrogens with zero attached hydrogens (tertiary/aromatic N) is 1. The number of amides is 1. The number of halogens is 2. The monoisotopic (exact) mass is 324 g/mol. The maximum atomic E-state index is 13.5. The Kier molecular flexibility index (Phi) is 7.67. The van der Waals surface area contributed by atoms with Gasteiger partial charge in [0.15, 0.2) is 0 Å². The third-order valence-electron chi connectivity index (χ3n) is 3.22. The zero-order valence-electron chi connectivity index (χ0n) is 12.8. The molecule has 0 aliphatic heterocycles. The van der Waals surface area contributed by atoms with Gasteiger partial charge in [-0.1, -0.05) is 6.07 Å². The quantitative estimate of drug-likeness (QED) is 0.587. The summed E-state index contributed by atoms with van der Waals surface area (Å²) in [6.45, 7) is 0. The first-order valence-corrected chi connectivity index (χ1v) is 7.16. The second kappa shape index (κ2) is 9.51. The summed E-state index contributed by atoms with van der Waals surface area (Å²) in [6.07, 6.45) is 1.55. The van der Waals surface area contributed by atoms with Crippen molar-refractivity contribution in [1.29, 1.82) is 5.26 Å². The SMILES string of the molecule is COC(=O)[C@H](CCCCC#N)NC(=O)Cc1ccc(F)cc1F. The van der Waals surface area contributed by atoms with Crippen molar-refractivity contribution in [2.45, 2.75) is 38.1 Å². The van der Waals surface area contributed by atoms with Gasteiger partial charge in [-0.25, -0.2) is 13.6 Å². The molecule has 5 nitrogen and oxygen atoms in total. The van der Waals surface area contributed by atoms with Crippen molar-refractivity contribution in [3.8, 4) is 6.07 Å². The largest absolute Gasteiger partial charge is 0.467 e. The van der Waals surface area contributed by atoms with Crippen LogP contribution in [0.1, 0.15) is 31.2 Å². The van der Waals surface area contributed by atoms with E-state index in [2.05, 4.69) is 10.1 Å². The van der Waals surface area contributed by atoms with E-state index in [0.29, 0.717) is 31.7 Å². The van der Waals surface area contributed by atoms with E-state index < -0.39 is 29.6 Å². The minimum atomic E-state index is -0.852. The van der Waals surface area contributed by atoms with Crippen molar-refractivity contribution < 1.29 is 23.1 Å². The number of hydrogen-bond donors (Lipinski definition) is 1. The van der Waals surface area contributed by atoms with E-state index in [9.17, 15) is 18.4 Å². The fourth-order valence-electron chi connectivity index (χ4n) is 2.03. The second-order valence-electron chi connectivity index (χ2n) is 4.96. The first-order valence-electron chi connectivity index (χ1n) is 7.16. The molecule has 124 valence electrons. The van der Waals surface area contributed by atoms with Crippen LogP contribution in [0.5, 0.6) is 0 Å². The maximum Gasteiger partial charge on any atom is 0.328 e. The number of carbonyl (C=O) groups excluding carboxylic acids is 2. The number of hydrogen-bond acceptors (Lipinski definition) is 4. The molecule has 1 amide bonds. The van der Waals surface area contributed by atoms with Crippen molar-refractivity contribution >= 4 is 11.9 Å². The number of nitrogens with one attached hydrogen (secondary N) is 1. The number of carbonyl (C=O) groups is 2. The molecule has 23 heavy (non-hydrogen) atoms. The summed E-state index contributed by atoms with van der Waals surface area (Å²) in [6, 6.07) is 4.08. The average Bonchev–Trinajstić information content (AvgIpc) is 2.52. The molecule has 0 spiro atoms. The molecular formula is C16H18F2N2O3. The van der Waals surface area contributed by atoms with Crippen molar-refractivity contribution in [3.63, 3.8) is 0 Å². The molecule has 0 fully saturated rings. The van der Waals surface area contributed by atoms with Crippen LogP contribution in [-0.4, -0.2) is 25.0 Å². The molecule has 0 heterocycles. The molecule has 0 bridgehead atoms. The number of unbranched alkanes of at least 4 members (excludes halogenated alkanes) is 2. The van der Waals surface area contributed by atoms with Gasteiger partial charge in [-0.3, -0.25) is 4.79 Å². The molecule has 0 saturated heterocycles. The standard InChI is InChI=1S/C16H18F2N2O3/c1-23-16(22)14(5-3-2-4-8-19)20-15(21)9-11-6-7-12(17)10-13(11)18/h6-7,10,14H,2-5,9H2,1H3,(H,20,21)/t14-/m0/s1. The molecule has 0 saturated carbocycles. The summed E-state index contributed by atoms with van der Waals surface area (Å²) in [5.41, 5.74) is 0.0389. The van der Waals surface area contributed by atoms with Crippen molar-refractivity contribution in [3.05, 3.63) is 35.4 Å². The minimum Gasteiger partial charge on any atom is -0.467 e. The highest BCUT2D eigenvalue weighted by molar-refractivity contribution is 5.85. The van der Waals surface area contributed by atoms with E-state index in [1.807, 2.05) is 6.07 Å². The van der Waals surface area contributed by atoms with Crippen molar-refractivity contribution in [1.82, 2.24) is 5.32 Å². The lowest BCUT2D eigenvalue weighted by Gasteiger charge is -2.16. The second-order valence-corrected chi connectivity index (χ2v) is 4.96. The number of nitriles is 1. The zero-order chi connectivity index (χ0) is 17.2. The van der Waals surface area contributed by atoms with Crippen LogP contribution in [0.4, 0.5) is 8.78 Å². The third-order valence-corrected chi connectivity index (χ3v) is 3.22. The van der Waals surface area contributed by atoms with Crippen LogP contribution >= 0.6 is 0 Å². The van der Waals surface area contributed by atoms with Gasteiger partial charge in [0.2, 0.25) is 5.91 Å². The van der Waals surface area contributed by atoms with Crippen LogP contribution in [-0.2, 0) is 20.7 Å². The van der Waals surface area contributed by atoms with Crippen LogP contribution in [0, 0.1) is 23.0 Å². The molecule has 7 heteroatoms. The van der Waals surface area contributed by atoms with Crippen molar-refractivity contribution in [2.75, 3.05) is 7.11 Å². The normalized spacial score (nSPS) is 11.4. The summed E-state index contributed by atoms with van der Waals surface area (Å²) in [5.74, 6) is -2.71. The summed E-state index contributed by atoms with van der Waals surface area (Å²) < 4.78 is 31.0. The summed E-state index contributed by atoms with van der Waals surface area (Å²) in [5, 5.41) is 10.9. The highest BCUT2D eigenvalue weighted by Crippen LogP contribution is 2.11. The van der Waals surface area contributed by atoms with Gasteiger partial charge in [-0.05, 0) is 30.9 Å². The molecule has 0 aliphatic rings. The van der Waals surface area contributed by atoms with Crippen LogP contribution in [0.15, 0.2) is 18.2 Å². The lowest BCUT2D eigenvalue weighted by molar-refractivity contribution is -0.145. The Morgan fingerprint density at radius 1 is 1.35 bits per heavy atom. The van der Waals surface area contributed by atoms with Gasteiger partial charge in [0.05, 0.1) is 19.6 Å².